The van der Waals surface area contributed by atoms with Gasteiger partial charge in [0.2, 0.25) is 0 Å². The molecule has 30 heavy (non-hydrogen) atoms. The van der Waals surface area contributed by atoms with Gasteiger partial charge >= 0.3 is 6.09 Å². The van der Waals surface area contributed by atoms with E-state index in [9.17, 15) is 4.79 Å². The average molecular weight is 405 g/mol. The maximum absolute atomic E-state index is 10.9. The monoisotopic (exact) mass is 405 g/mol. The molecule has 0 bridgehead atoms. The standard InChI is InChI=1S/C24H27N3O3/c1-26(24(28)29)13-14-27-11-9-17(10-12-27)18-7-8-21-19(15-18)16-22(25-21)20-5-3-4-6-23(20)30-2/h3-9,15-16,25H,10-14H2,1-2H3,(H,28,29). The quantitative estimate of drug-likeness (QED) is 0.632. The molecule has 1 aliphatic heterocycles. The fourth-order valence-corrected chi connectivity index (χ4v) is 3.91. The summed E-state index contributed by atoms with van der Waals surface area (Å²) >= 11 is 0. The van der Waals surface area contributed by atoms with Crippen LogP contribution in [0.4, 0.5) is 4.79 Å². The third-order valence-electron chi connectivity index (χ3n) is 5.76. The van der Waals surface area contributed by atoms with Gasteiger partial charge in [-0.05, 0) is 47.9 Å². The molecule has 4 rings (SSSR count). The fourth-order valence-electron chi connectivity index (χ4n) is 3.91. The van der Waals surface area contributed by atoms with Crippen molar-refractivity contribution in [1.29, 1.82) is 0 Å². The fraction of sp³-hybridized carbons (Fsp3) is 0.292. The van der Waals surface area contributed by atoms with Gasteiger partial charge in [0, 0.05) is 49.7 Å². The number of aromatic amines is 1. The molecular weight excluding hydrogens is 378 g/mol. The van der Waals surface area contributed by atoms with Gasteiger partial charge in [-0.25, -0.2) is 4.79 Å². The first kappa shape index (κ1) is 20.0. The summed E-state index contributed by atoms with van der Waals surface area (Å²) in [5.74, 6) is 0.855. The lowest BCUT2D eigenvalue weighted by atomic mass is 9.98. The van der Waals surface area contributed by atoms with Gasteiger partial charge in [-0.2, -0.15) is 0 Å². The molecule has 0 unspecified atom stereocenters. The number of H-pyrrole nitrogens is 1. The molecule has 0 spiro atoms. The molecule has 156 valence electrons. The largest absolute Gasteiger partial charge is 0.496 e. The maximum Gasteiger partial charge on any atom is 0.407 e. The van der Waals surface area contributed by atoms with Crippen molar-refractivity contribution in [1.82, 2.24) is 14.8 Å². The second-order valence-electron chi connectivity index (χ2n) is 7.67. The number of carboxylic acid groups (broad SMARTS) is 1. The Morgan fingerprint density at radius 3 is 2.80 bits per heavy atom. The second-order valence-corrected chi connectivity index (χ2v) is 7.67. The topological polar surface area (TPSA) is 68.8 Å². The molecule has 2 heterocycles. The third kappa shape index (κ3) is 4.19. The lowest BCUT2D eigenvalue weighted by molar-refractivity contribution is 0.149. The first-order valence-electron chi connectivity index (χ1n) is 10.2. The molecule has 0 atom stereocenters. The lowest BCUT2D eigenvalue weighted by Crippen LogP contribution is -2.37. The molecule has 0 radical (unpaired) electrons. The van der Waals surface area contributed by atoms with Crippen molar-refractivity contribution in [2.75, 3.05) is 40.3 Å². The molecule has 2 aromatic carbocycles. The number of nitrogens with zero attached hydrogens (tertiary/aromatic N) is 2. The first-order chi connectivity index (χ1) is 14.5. The minimum atomic E-state index is -0.879. The number of nitrogens with one attached hydrogen (secondary N) is 1. The van der Waals surface area contributed by atoms with E-state index in [0.717, 1.165) is 48.6 Å². The van der Waals surface area contributed by atoms with Crippen molar-refractivity contribution in [3.8, 4) is 17.0 Å². The Morgan fingerprint density at radius 2 is 2.07 bits per heavy atom. The number of fused-ring (bicyclic) bond motifs is 1. The Balaban J connectivity index is 1.50. The second kappa shape index (κ2) is 8.63. The number of benzene rings is 2. The molecule has 1 aliphatic rings. The summed E-state index contributed by atoms with van der Waals surface area (Å²) in [4.78, 5) is 18.1. The Labute approximate surface area is 176 Å². The van der Waals surface area contributed by atoms with E-state index in [-0.39, 0.29) is 0 Å². The smallest absolute Gasteiger partial charge is 0.407 e. The SMILES string of the molecule is COc1ccccc1-c1cc2cc(C3=CCN(CCN(C)C(=O)O)CC3)ccc2[nH]1. The Bertz CT molecular complexity index is 1090. The highest BCUT2D eigenvalue weighted by Crippen LogP contribution is 2.33. The molecule has 1 amide bonds. The highest BCUT2D eigenvalue weighted by atomic mass is 16.5. The van der Waals surface area contributed by atoms with Crippen LogP contribution in [0.3, 0.4) is 0 Å². The number of ether oxygens (including phenoxy) is 1. The van der Waals surface area contributed by atoms with Crippen molar-refractivity contribution in [3.05, 3.63) is 60.2 Å². The Hall–Kier alpha value is -3.25. The highest BCUT2D eigenvalue weighted by Gasteiger charge is 2.15. The molecule has 6 heteroatoms. The van der Waals surface area contributed by atoms with Gasteiger partial charge in [-0.15, -0.1) is 0 Å². The minimum absolute atomic E-state index is 0.527. The van der Waals surface area contributed by atoms with Crippen LogP contribution in [0.15, 0.2) is 54.6 Å². The summed E-state index contributed by atoms with van der Waals surface area (Å²) in [6.07, 6.45) is 2.35. The van der Waals surface area contributed by atoms with Crippen LogP contribution in [0, 0.1) is 0 Å². The lowest BCUT2D eigenvalue weighted by Gasteiger charge is -2.27. The summed E-state index contributed by atoms with van der Waals surface area (Å²) in [7, 11) is 3.30. The van der Waals surface area contributed by atoms with Crippen LogP contribution in [0.1, 0.15) is 12.0 Å². The van der Waals surface area contributed by atoms with E-state index in [1.54, 1.807) is 14.2 Å². The number of amides is 1. The zero-order valence-electron chi connectivity index (χ0n) is 17.4. The van der Waals surface area contributed by atoms with E-state index >= 15 is 0 Å². The summed E-state index contributed by atoms with van der Waals surface area (Å²) in [6.45, 7) is 3.07. The summed E-state index contributed by atoms with van der Waals surface area (Å²) in [6, 6.07) is 16.7. The first-order valence-corrected chi connectivity index (χ1v) is 10.2. The molecule has 6 nitrogen and oxygen atoms in total. The molecule has 0 saturated carbocycles. The maximum atomic E-state index is 10.9. The number of likely N-dealkylation sites (N-methyl/N-ethyl adjacent to an activating group) is 1. The van der Waals surface area contributed by atoms with Crippen LogP contribution < -0.4 is 4.74 Å². The van der Waals surface area contributed by atoms with E-state index in [1.807, 2.05) is 18.2 Å². The van der Waals surface area contributed by atoms with Crippen LogP contribution in [0.25, 0.3) is 27.7 Å². The number of rotatable bonds is 6. The van der Waals surface area contributed by atoms with E-state index in [0.29, 0.717) is 6.54 Å². The van der Waals surface area contributed by atoms with Gasteiger partial charge in [0.25, 0.3) is 0 Å². The van der Waals surface area contributed by atoms with Gasteiger partial charge < -0.3 is 19.7 Å². The van der Waals surface area contributed by atoms with Gasteiger partial charge in [0.05, 0.1) is 12.8 Å². The number of para-hydroxylation sites is 1. The third-order valence-corrected chi connectivity index (χ3v) is 5.76. The Morgan fingerprint density at radius 1 is 1.23 bits per heavy atom. The van der Waals surface area contributed by atoms with Crippen molar-refractivity contribution in [2.24, 2.45) is 0 Å². The summed E-state index contributed by atoms with van der Waals surface area (Å²) < 4.78 is 5.50. The van der Waals surface area contributed by atoms with E-state index < -0.39 is 6.09 Å². The predicted molar refractivity (Wildman–Crippen MR) is 120 cm³/mol. The normalized spacial score (nSPS) is 14.5. The van der Waals surface area contributed by atoms with Crippen LogP contribution in [-0.2, 0) is 0 Å². The van der Waals surface area contributed by atoms with Gasteiger partial charge in [0.1, 0.15) is 5.75 Å². The van der Waals surface area contributed by atoms with Crippen molar-refractivity contribution < 1.29 is 14.6 Å². The van der Waals surface area contributed by atoms with Gasteiger partial charge in [-0.1, -0.05) is 24.3 Å². The molecule has 2 N–H and O–H groups in total. The Kier molecular flexibility index (Phi) is 5.77. The number of aromatic nitrogens is 1. The highest BCUT2D eigenvalue weighted by molar-refractivity contribution is 5.89. The number of carbonyl (C=O) groups is 1. The average Bonchev–Trinajstić information content (AvgIpc) is 3.21. The number of hydrogen-bond donors (Lipinski definition) is 2. The van der Waals surface area contributed by atoms with Crippen LogP contribution in [0.5, 0.6) is 5.75 Å². The predicted octanol–water partition coefficient (Wildman–Crippen LogP) is 4.54. The number of methoxy groups -OCH3 is 1. The molecule has 3 aromatic rings. The van der Waals surface area contributed by atoms with Crippen LogP contribution >= 0.6 is 0 Å². The number of hydrogen-bond acceptors (Lipinski definition) is 3. The van der Waals surface area contributed by atoms with Crippen LogP contribution in [-0.4, -0.2) is 66.3 Å². The zero-order valence-corrected chi connectivity index (χ0v) is 17.4. The van der Waals surface area contributed by atoms with Crippen molar-refractivity contribution in [2.45, 2.75) is 6.42 Å². The van der Waals surface area contributed by atoms with E-state index in [4.69, 9.17) is 9.84 Å². The van der Waals surface area contributed by atoms with Crippen molar-refractivity contribution in [3.63, 3.8) is 0 Å². The van der Waals surface area contributed by atoms with Crippen LogP contribution in [0.2, 0.25) is 0 Å². The van der Waals surface area contributed by atoms with Crippen molar-refractivity contribution >= 4 is 22.6 Å². The van der Waals surface area contributed by atoms with Gasteiger partial charge in [0.15, 0.2) is 0 Å². The van der Waals surface area contributed by atoms with E-state index in [2.05, 4.69) is 46.3 Å². The van der Waals surface area contributed by atoms with Gasteiger partial charge in [-0.3, -0.25) is 4.90 Å². The molecular formula is C24H27N3O3. The molecule has 0 fully saturated rings. The minimum Gasteiger partial charge on any atom is -0.496 e. The molecule has 0 aliphatic carbocycles. The molecule has 1 aromatic heterocycles. The summed E-state index contributed by atoms with van der Waals surface area (Å²) in [5, 5.41) is 10.2. The molecule has 0 saturated heterocycles. The zero-order chi connectivity index (χ0) is 21.1. The van der Waals surface area contributed by atoms with E-state index in [1.165, 1.54) is 21.4 Å². The summed E-state index contributed by atoms with van der Waals surface area (Å²) in [5.41, 5.74) is 5.80.